The zero-order chi connectivity index (χ0) is 17.0. The second-order valence-corrected chi connectivity index (χ2v) is 5.73. The van der Waals surface area contributed by atoms with Crippen molar-refractivity contribution in [2.45, 2.75) is 0 Å². The molecule has 9 heteroatoms. The van der Waals surface area contributed by atoms with Crippen LogP contribution in [0.2, 0.25) is 20.2 Å². The number of hydrogen-bond donors (Lipinski definition) is 1. The van der Waals surface area contributed by atoms with Gasteiger partial charge in [0.1, 0.15) is 0 Å². The maximum Gasteiger partial charge on any atom is 0.341 e. The lowest BCUT2D eigenvalue weighted by Crippen LogP contribution is -2.21. The zero-order valence-electron chi connectivity index (χ0n) is 11.3. The van der Waals surface area contributed by atoms with Crippen molar-refractivity contribution in [1.82, 2.24) is 4.98 Å². The van der Waals surface area contributed by atoms with Gasteiger partial charge in [0, 0.05) is 6.20 Å². The van der Waals surface area contributed by atoms with E-state index in [0.29, 0.717) is 5.69 Å². The quantitative estimate of drug-likeness (QED) is 0.472. The summed E-state index contributed by atoms with van der Waals surface area (Å²) >= 11 is 23.4. The summed E-state index contributed by atoms with van der Waals surface area (Å²) < 4.78 is 4.88. The monoisotopic (exact) mass is 392 g/mol. The molecule has 1 aromatic heterocycles. The van der Waals surface area contributed by atoms with E-state index >= 15 is 0 Å². The van der Waals surface area contributed by atoms with Crippen molar-refractivity contribution in [1.29, 1.82) is 0 Å². The van der Waals surface area contributed by atoms with Crippen molar-refractivity contribution in [2.75, 3.05) is 11.9 Å². The van der Waals surface area contributed by atoms with E-state index in [4.69, 9.17) is 51.1 Å². The Bertz CT molecular complexity index is 768. The summed E-state index contributed by atoms with van der Waals surface area (Å²) in [7, 11) is 0. The molecule has 0 bridgehead atoms. The van der Waals surface area contributed by atoms with Crippen LogP contribution in [-0.4, -0.2) is 23.5 Å². The van der Waals surface area contributed by atoms with Gasteiger partial charge in [0.25, 0.3) is 5.91 Å². The number of benzene rings is 1. The zero-order valence-corrected chi connectivity index (χ0v) is 14.3. The van der Waals surface area contributed by atoms with Crippen molar-refractivity contribution in [2.24, 2.45) is 0 Å². The molecule has 0 radical (unpaired) electrons. The summed E-state index contributed by atoms with van der Waals surface area (Å²) in [5, 5.41) is 2.75. The van der Waals surface area contributed by atoms with Gasteiger partial charge in [-0.25, -0.2) is 9.78 Å². The van der Waals surface area contributed by atoms with E-state index in [1.807, 2.05) is 0 Å². The molecule has 0 saturated heterocycles. The molecule has 1 aromatic carbocycles. The van der Waals surface area contributed by atoms with Crippen LogP contribution in [0.1, 0.15) is 10.4 Å². The van der Waals surface area contributed by atoms with Crippen LogP contribution >= 0.6 is 46.4 Å². The van der Waals surface area contributed by atoms with Gasteiger partial charge in [-0.15, -0.1) is 0 Å². The molecule has 0 aliphatic carbocycles. The van der Waals surface area contributed by atoms with Crippen LogP contribution in [0.25, 0.3) is 0 Å². The first-order valence-electron chi connectivity index (χ1n) is 6.11. The predicted molar refractivity (Wildman–Crippen MR) is 89.6 cm³/mol. The number of halogens is 4. The van der Waals surface area contributed by atoms with Gasteiger partial charge < -0.3 is 10.1 Å². The Morgan fingerprint density at radius 1 is 1.09 bits per heavy atom. The van der Waals surface area contributed by atoms with Crippen LogP contribution in [0.4, 0.5) is 5.69 Å². The van der Waals surface area contributed by atoms with Crippen molar-refractivity contribution >= 4 is 64.0 Å². The number of nitrogens with zero attached hydrogens (tertiary/aromatic N) is 1. The topological polar surface area (TPSA) is 68.3 Å². The van der Waals surface area contributed by atoms with Crippen LogP contribution in [-0.2, 0) is 9.53 Å². The molecule has 120 valence electrons. The number of rotatable bonds is 4. The maximum atomic E-state index is 12.0. The highest BCUT2D eigenvalue weighted by Crippen LogP contribution is 2.31. The van der Waals surface area contributed by atoms with Crippen LogP contribution < -0.4 is 5.32 Å². The fourth-order valence-corrected chi connectivity index (χ4v) is 2.43. The normalized spacial score (nSPS) is 10.3. The standard InChI is InChI=1S/C14H8Cl4N2O3/c15-7-3-4-8(16)12(17)11(7)14(22)23-6-10(21)20-9-2-1-5-19-13(9)18/h1-5H,6H2,(H,20,21). The molecule has 0 fully saturated rings. The Morgan fingerprint density at radius 3 is 2.48 bits per heavy atom. The molecule has 0 saturated carbocycles. The predicted octanol–water partition coefficient (Wildman–Crippen LogP) is 4.49. The summed E-state index contributed by atoms with van der Waals surface area (Å²) in [4.78, 5) is 27.6. The highest BCUT2D eigenvalue weighted by atomic mass is 35.5. The van der Waals surface area contributed by atoms with Crippen LogP contribution in [0.15, 0.2) is 30.5 Å². The summed E-state index contributed by atoms with van der Waals surface area (Å²) in [6, 6.07) is 6.00. The number of carbonyl (C=O) groups excluding carboxylic acids is 2. The third kappa shape index (κ3) is 4.48. The number of pyridine rings is 1. The Kier molecular flexibility index (Phi) is 6.07. The first-order valence-corrected chi connectivity index (χ1v) is 7.62. The summed E-state index contributed by atoms with van der Waals surface area (Å²) in [5.74, 6) is -1.46. The minimum Gasteiger partial charge on any atom is -0.452 e. The van der Waals surface area contributed by atoms with Crippen LogP contribution in [0.3, 0.4) is 0 Å². The highest BCUT2D eigenvalue weighted by molar-refractivity contribution is 6.46. The molecule has 5 nitrogen and oxygen atoms in total. The van der Waals surface area contributed by atoms with Crippen molar-refractivity contribution in [3.8, 4) is 0 Å². The molecule has 0 aliphatic rings. The molecule has 1 N–H and O–H groups in total. The van der Waals surface area contributed by atoms with E-state index in [9.17, 15) is 9.59 Å². The van der Waals surface area contributed by atoms with Gasteiger partial charge >= 0.3 is 5.97 Å². The fraction of sp³-hybridized carbons (Fsp3) is 0.0714. The van der Waals surface area contributed by atoms with Gasteiger partial charge in [0.05, 0.1) is 26.3 Å². The first-order chi connectivity index (χ1) is 10.9. The van der Waals surface area contributed by atoms with E-state index in [1.54, 1.807) is 12.1 Å². The lowest BCUT2D eigenvalue weighted by molar-refractivity contribution is -0.119. The number of hydrogen-bond acceptors (Lipinski definition) is 4. The van der Waals surface area contributed by atoms with Crippen molar-refractivity contribution < 1.29 is 14.3 Å². The molecule has 0 spiro atoms. The number of nitrogens with one attached hydrogen (secondary N) is 1. The number of ether oxygens (including phenoxy) is 1. The van der Waals surface area contributed by atoms with E-state index in [2.05, 4.69) is 10.3 Å². The van der Waals surface area contributed by atoms with Gasteiger partial charge in [0.15, 0.2) is 11.8 Å². The van der Waals surface area contributed by atoms with E-state index in [-0.39, 0.29) is 25.8 Å². The molecule has 1 heterocycles. The Balaban J connectivity index is 2.01. The summed E-state index contributed by atoms with van der Waals surface area (Å²) in [6.07, 6.45) is 1.47. The van der Waals surface area contributed by atoms with E-state index < -0.39 is 18.5 Å². The average molecular weight is 394 g/mol. The van der Waals surface area contributed by atoms with Gasteiger partial charge in [-0.2, -0.15) is 0 Å². The summed E-state index contributed by atoms with van der Waals surface area (Å²) in [6.45, 7) is -0.552. The largest absolute Gasteiger partial charge is 0.452 e. The van der Waals surface area contributed by atoms with E-state index in [0.717, 1.165) is 0 Å². The SMILES string of the molecule is O=C(COC(=O)c1c(Cl)ccc(Cl)c1Cl)Nc1cccnc1Cl. The average Bonchev–Trinajstić information content (AvgIpc) is 2.51. The second kappa shape index (κ2) is 7.84. The highest BCUT2D eigenvalue weighted by Gasteiger charge is 2.20. The third-order valence-electron chi connectivity index (χ3n) is 2.62. The maximum absolute atomic E-state index is 12.0. The minimum atomic E-state index is -0.866. The number of carbonyl (C=O) groups is 2. The summed E-state index contributed by atoms with van der Waals surface area (Å²) in [5.41, 5.74) is 0.196. The van der Waals surface area contributed by atoms with Gasteiger partial charge in [-0.3, -0.25) is 4.79 Å². The number of anilines is 1. The number of aromatic nitrogens is 1. The third-order valence-corrected chi connectivity index (χ3v) is 4.04. The lowest BCUT2D eigenvalue weighted by Gasteiger charge is -2.09. The van der Waals surface area contributed by atoms with Gasteiger partial charge in [0.2, 0.25) is 0 Å². The molecule has 0 aliphatic heterocycles. The van der Waals surface area contributed by atoms with Gasteiger partial charge in [-0.05, 0) is 24.3 Å². The molecule has 2 aromatic rings. The molecular formula is C14H8Cl4N2O3. The Morgan fingerprint density at radius 2 is 1.78 bits per heavy atom. The fourth-order valence-electron chi connectivity index (χ4n) is 1.58. The van der Waals surface area contributed by atoms with Crippen LogP contribution in [0.5, 0.6) is 0 Å². The number of amides is 1. The second-order valence-electron chi connectivity index (χ2n) is 4.18. The minimum absolute atomic E-state index is 0.0418. The van der Waals surface area contributed by atoms with Gasteiger partial charge in [-0.1, -0.05) is 46.4 Å². The van der Waals surface area contributed by atoms with Crippen LogP contribution in [0, 0.1) is 0 Å². The van der Waals surface area contributed by atoms with E-state index in [1.165, 1.54) is 18.3 Å². The lowest BCUT2D eigenvalue weighted by atomic mass is 10.2. The molecular weight excluding hydrogens is 386 g/mol. The molecule has 23 heavy (non-hydrogen) atoms. The number of esters is 1. The molecule has 0 atom stereocenters. The Labute approximate surface area is 151 Å². The molecule has 2 rings (SSSR count). The smallest absolute Gasteiger partial charge is 0.341 e. The van der Waals surface area contributed by atoms with Crippen molar-refractivity contribution in [3.05, 3.63) is 56.2 Å². The molecule has 1 amide bonds. The van der Waals surface area contributed by atoms with Crippen molar-refractivity contribution in [3.63, 3.8) is 0 Å². The first kappa shape index (κ1) is 17.8. The Hall–Kier alpha value is -1.53. The molecule has 0 unspecified atom stereocenters.